The quantitative estimate of drug-likeness (QED) is 0.478. The largest absolute Gasteiger partial charge is 0.396 e. The number of aliphatic hydroxyl groups is 1. The van der Waals surface area contributed by atoms with Gasteiger partial charge in [0.15, 0.2) is 5.96 Å². The van der Waals surface area contributed by atoms with Crippen LogP contribution in [0.5, 0.6) is 0 Å². The van der Waals surface area contributed by atoms with Crippen LogP contribution in [0, 0.1) is 0 Å². The molecule has 0 aliphatic heterocycles. The molecular formula is C18H32N4O. The van der Waals surface area contributed by atoms with E-state index in [4.69, 9.17) is 0 Å². The predicted octanol–water partition coefficient (Wildman–Crippen LogP) is 1.66. The number of rotatable bonds is 9. The summed E-state index contributed by atoms with van der Waals surface area (Å²) < 4.78 is 0. The van der Waals surface area contributed by atoms with E-state index in [-0.39, 0.29) is 12.5 Å². The van der Waals surface area contributed by atoms with Gasteiger partial charge in [-0.1, -0.05) is 44.2 Å². The summed E-state index contributed by atoms with van der Waals surface area (Å²) in [5.41, 5.74) is 1.13. The van der Waals surface area contributed by atoms with Gasteiger partial charge in [-0.3, -0.25) is 9.89 Å². The fraction of sp³-hybridized carbons (Fsp3) is 0.611. The van der Waals surface area contributed by atoms with E-state index in [1.807, 2.05) is 30.3 Å². The van der Waals surface area contributed by atoms with Gasteiger partial charge in [-0.15, -0.1) is 0 Å². The average molecular weight is 320 g/mol. The van der Waals surface area contributed by atoms with Crippen molar-refractivity contribution in [3.8, 4) is 0 Å². The van der Waals surface area contributed by atoms with Gasteiger partial charge in [0, 0.05) is 32.1 Å². The zero-order valence-corrected chi connectivity index (χ0v) is 14.9. The van der Waals surface area contributed by atoms with Crippen molar-refractivity contribution in [2.45, 2.75) is 32.7 Å². The number of aliphatic imine (C=N–C) groups is 1. The molecule has 1 rings (SSSR count). The highest BCUT2D eigenvalue weighted by molar-refractivity contribution is 5.79. The second-order valence-corrected chi connectivity index (χ2v) is 5.69. The van der Waals surface area contributed by atoms with Gasteiger partial charge in [0.05, 0.1) is 6.61 Å². The molecule has 5 heteroatoms. The van der Waals surface area contributed by atoms with Crippen LogP contribution in [0.15, 0.2) is 35.3 Å². The molecule has 0 amide bonds. The molecule has 0 radical (unpaired) electrons. The van der Waals surface area contributed by atoms with Gasteiger partial charge >= 0.3 is 0 Å². The molecule has 0 aliphatic rings. The Morgan fingerprint density at radius 3 is 2.26 bits per heavy atom. The Bertz CT molecular complexity index is 446. The highest BCUT2D eigenvalue weighted by Crippen LogP contribution is 2.13. The molecule has 0 fully saturated rings. The molecule has 0 heterocycles. The van der Waals surface area contributed by atoms with E-state index in [1.165, 1.54) is 0 Å². The lowest BCUT2D eigenvalue weighted by molar-refractivity contribution is 0.231. The Hall–Kier alpha value is -1.59. The number of hydrogen-bond acceptors (Lipinski definition) is 3. The van der Waals surface area contributed by atoms with Crippen LogP contribution in [0.3, 0.4) is 0 Å². The maximum atomic E-state index is 9.61. The van der Waals surface area contributed by atoms with Crippen LogP contribution in [0.2, 0.25) is 0 Å². The van der Waals surface area contributed by atoms with Crippen molar-refractivity contribution < 1.29 is 5.11 Å². The molecule has 23 heavy (non-hydrogen) atoms. The Morgan fingerprint density at radius 1 is 1.13 bits per heavy atom. The molecule has 0 aromatic heterocycles. The molecule has 0 bridgehead atoms. The second-order valence-electron chi connectivity index (χ2n) is 5.69. The summed E-state index contributed by atoms with van der Waals surface area (Å²) >= 11 is 0. The summed E-state index contributed by atoms with van der Waals surface area (Å²) in [5, 5.41) is 16.3. The van der Waals surface area contributed by atoms with Gasteiger partial charge in [0.1, 0.15) is 0 Å². The summed E-state index contributed by atoms with van der Waals surface area (Å²) in [6, 6.07) is 10.5. The zero-order chi connectivity index (χ0) is 17.1. The second kappa shape index (κ2) is 11.0. The van der Waals surface area contributed by atoms with Crippen molar-refractivity contribution >= 4 is 5.96 Å². The number of aliphatic hydroxyl groups excluding tert-OH is 1. The Kier molecular flexibility index (Phi) is 9.33. The first-order valence-corrected chi connectivity index (χ1v) is 8.50. The molecule has 130 valence electrons. The average Bonchev–Trinajstić information content (AvgIpc) is 2.60. The van der Waals surface area contributed by atoms with Gasteiger partial charge in [-0.05, 0) is 25.6 Å². The van der Waals surface area contributed by atoms with E-state index in [1.54, 1.807) is 7.05 Å². The lowest BCUT2D eigenvalue weighted by Crippen LogP contribution is -2.46. The van der Waals surface area contributed by atoms with E-state index in [9.17, 15) is 5.11 Å². The molecule has 5 nitrogen and oxygen atoms in total. The third-order valence-corrected chi connectivity index (χ3v) is 4.23. The molecule has 0 spiro atoms. The first-order chi connectivity index (χ1) is 11.2. The molecule has 2 unspecified atom stereocenters. The van der Waals surface area contributed by atoms with Crippen LogP contribution >= 0.6 is 0 Å². The van der Waals surface area contributed by atoms with Gasteiger partial charge in [0.25, 0.3) is 0 Å². The number of nitrogens with zero attached hydrogens (tertiary/aromatic N) is 2. The molecule has 1 aromatic rings. The van der Waals surface area contributed by atoms with Gasteiger partial charge < -0.3 is 15.7 Å². The Labute approximate surface area is 140 Å². The van der Waals surface area contributed by atoms with E-state index in [0.717, 1.165) is 31.2 Å². The summed E-state index contributed by atoms with van der Waals surface area (Å²) in [6.45, 7) is 10.3. The number of hydrogen-bond donors (Lipinski definition) is 3. The van der Waals surface area contributed by atoms with Gasteiger partial charge in [-0.25, -0.2) is 0 Å². The smallest absolute Gasteiger partial charge is 0.191 e. The first-order valence-electron chi connectivity index (χ1n) is 8.50. The zero-order valence-electron chi connectivity index (χ0n) is 14.9. The van der Waals surface area contributed by atoms with Crippen molar-refractivity contribution in [3.05, 3.63) is 35.9 Å². The molecule has 3 N–H and O–H groups in total. The standard InChI is InChI=1S/C18H32N4O/c1-5-22(6-2)15(3)12-20-18(19-4)21-13-17(14-23)16-10-8-7-9-11-16/h7-11,15,17,23H,5-6,12-14H2,1-4H3,(H2,19,20,21). The van der Waals surface area contributed by atoms with E-state index in [0.29, 0.717) is 12.6 Å². The molecule has 2 atom stereocenters. The van der Waals surface area contributed by atoms with Gasteiger partial charge in [0.2, 0.25) is 0 Å². The topological polar surface area (TPSA) is 59.9 Å². The monoisotopic (exact) mass is 320 g/mol. The van der Waals surface area contributed by atoms with E-state index in [2.05, 4.69) is 41.3 Å². The number of guanidine groups is 1. The summed E-state index contributed by atoms with van der Waals surface area (Å²) in [7, 11) is 1.77. The minimum atomic E-state index is 0.0648. The number of nitrogens with one attached hydrogen (secondary N) is 2. The number of likely N-dealkylation sites (N-methyl/N-ethyl adjacent to an activating group) is 1. The normalized spacial score (nSPS) is 14.6. The van der Waals surface area contributed by atoms with Gasteiger partial charge in [-0.2, -0.15) is 0 Å². The van der Waals surface area contributed by atoms with Crippen LogP contribution in [-0.4, -0.2) is 61.8 Å². The number of benzene rings is 1. The van der Waals surface area contributed by atoms with Crippen LogP contribution in [0.4, 0.5) is 0 Å². The fourth-order valence-electron chi connectivity index (χ4n) is 2.67. The highest BCUT2D eigenvalue weighted by atomic mass is 16.3. The summed E-state index contributed by atoms with van der Waals surface area (Å²) in [5.74, 6) is 0.841. The molecule has 0 saturated carbocycles. The van der Waals surface area contributed by atoms with Crippen molar-refractivity contribution in [1.82, 2.24) is 15.5 Å². The third kappa shape index (κ3) is 6.59. The Morgan fingerprint density at radius 2 is 1.74 bits per heavy atom. The fourth-order valence-corrected chi connectivity index (χ4v) is 2.67. The molecular weight excluding hydrogens is 288 g/mol. The van der Waals surface area contributed by atoms with Crippen molar-refractivity contribution in [2.24, 2.45) is 4.99 Å². The minimum absolute atomic E-state index is 0.0648. The minimum Gasteiger partial charge on any atom is -0.396 e. The lowest BCUT2D eigenvalue weighted by Gasteiger charge is -2.27. The van der Waals surface area contributed by atoms with Crippen LogP contribution in [0.1, 0.15) is 32.3 Å². The van der Waals surface area contributed by atoms with E-state index < -0.39 is 0 Å². The lowest BCUT2D eigenvalue weighted by atomic mass is 10.0. The molecule has 0 aliphatic carbocycles. The maximum absolute atomic E-state index is 9.61. The van der Waals surface area contributed by atoms with Crippen LogP contribution in [-0.2, 0) is 0 Å². The first kappa shape index (κ1) is 19.5. The van der Waals surface area contributed by atoms with Crippen LogP contribution < -0.4 is 10.6 Å². The third-order valence-electron chi connectivity index (χ3n) is 4.23. The predicted molar refractivity (Wildman–Crippen MR) is 98.0 cm³/mol. The Balaban J connectivity index is 2.47. The van der Waals surface area contributed by atoms with Crippen molar-refractivity contribution in [2.75, 3.05) is 39.8 Å². The van der Waals surface area contributed by atoms with Crippen molar-refractivity contribution in [1.29, 1.82) is 0 Å². The summed E-state index contributed by atoms with van der Waals surface area (Å²) in [6.07, 6.45) is 0. The highest BCUT2D eigenvalue weighted by Gasteiger charge is 2.13. The van der Waals surface area contributed by atoms with Crippen molar-refractivity contribution in [3.63, 3.8) is 0 Å². The van der Waals surface area contributed by atoms with E-state index >= 15 is 0 Å². The SMILES string of the molecule is CCN(CC)C(C)CNC(=NC)NCC(CO)c1ccccc1. The summed E-state index contributed by atoms with van der Waals surface area (Å²) in [4.78, 5) is 6.67. The molecule has 0 saturated heterocycles. The maximum Gasteiger partial charge on any atom is 0.191 e. The van der Waals surface area contributed by atoms with Crippen LogP contribution in [0.25, 0.3) is 0 Å². The molecule has 1 aromatic carbocycles.